The second-order valence-electron chi connectivity index (χ2n) is 6.60. The van der Waals surface area contributed by atoms with Crippen molar-refractivity contribution in [3.05, 3.63) is 89.5 Å². The minimum absolute atomic E-state index is 0.0963. The van der Waals surface area contributed by atoms with Crippen LogP contribution in [0.25, 0.3) is 0 Å². The summed E-state index contributed by atoms with van der Waals surface area (Å²) in [5.74, 6) is 0.292. The summed E-state index contributed by atoms with van der Waals surface area (Å²) < 4.78 is 5.18. The number of carbonyl (C=O) groups excluding carboxylic acids is 2. The molecule has 0 radical (unpaired) electrons. The molecule has 0 saturated carbocycles. The van der Waals surface area contributed by atoms with E-state index in [4.69, 9.17) is 4.74 Å². The second kappa shape index (κ2) is 7.56. The quantitative estimate of drug-likeness (QED) is 0.748. The van der Waals surface area contributed by atoms with Gasteiger partial charge < -0.3 is 15.0 Å². The zero-order valence-corrected chi connectivity index (χ0v) is 15.5. The van der Waals surface area contributed by atoms with Gasteiger partial charge in [-0.15, -0.1) is 0 Å². The van der Waals surface area contributed by atoms with E-state index in [1.807, 2.05) is 30.3 Å². The molecule has 0 unspecified atom stereocenters. The summed E-state index contributed by atoms with van der Waals surface area (Å²) in [7, 11) is 1.58. The van der Waals surface area contributed by atoms with Crippen LogP contribution < -0.4 is 15.0 Å². The van der Waals surface area contributed by atoms with Gasteiger partial charge in [0.2, 0.25) is 0 Å². The van der Waals surface area contributed by atoms with Crippen molar-refractivity contribution >= 4 is 23.2 Å². The highest BCUT2D eigenvalue weighted by molar-refractivity contribution is 6.10. The molecule has 0 saturated heterocycles. The number of nitrogens with one attached hydrogen (secondary N) is 1. The smallest absolute Gasteiger partial charge is 0.258 e. The van der Waals surface area contributed by atoms with E-state index in [1.165, 1.54) is 5.56 Å². The minimum atomic E-state index is -0.273. The monoisotopic (exact) mass is 372 g/mol. The van der Waals surface area contributed by atoms with Crippen molar-refractivity contribution in [2.24, 2.45) is 0 Å². The molecule has 1 heterocycles. The molecule has 1 N–H and O–H groups in total. The Hall–Kier alpha value is -3.60. The molecule has 5 heteroatoms. The van der Waals surface area contributed by atoms with E-state index < -0.39 is 0 Å². The molecule has 1 aliphatic heterocycles. The Labute approximate surface area is 163 Å². The third kappa shape index (κ3) is 3.47. The number of ether oxygens (including phenoxy) is 1. The number of amides is 2. The molecule has 5 nitrogen and oxygen atoms in total. The van der Waals surface area contributed by atoms with Crippen molar-refractivity contribution < 1.29 is 14.3 Å². The normalized spacial score (nSPS) is 12.4. The lowest BCUT2D eigenvalue weighted by Crippen LogP contribution is -2.29. The second-order valence-corrected chi connectivity index (χ2v) is 6.60. The lowest BCUT2D eigenvalue weighted by molar-refractivity contribution is 0.0989. The number of hydrogen-bond acceptors (Lipinski definition) is 3. The molecule has 0 atom stereocenters. The Morgan fingerprint density at radius 1 is 0.929 bits per heavy atom. The van der Waals surface area contributed by atoms with Gasteiger partial charge in [-0.3, -0.25) is 9.59 Å². The van der Waals surface area contributed by atoms with E-state index in [0.29, 0.717) is 29.1 Å². The summed E-state index contributed by atoms with van der Waals surface area (Å²) in [4.78, 5) is 27.4. The number of methoxy groups -OCH3 is 1. The van der Waals surface area contributed by atoms with Gasteiger partial charge in [-0.2, -0.15) is 0 Å². The number of hydrogen-bond donors (Lipinski definition) is 1. The molecule has 0 fully saturated rings. The predicted octanol–water partition coefficient (Wildman–Crippen LogP) is 4.15. The van der Waals surface area contributed by atoms with E-state index >= 15 is 0 Å². The van der Waals surface area contributed by atoms with E-state index in [2.05, 4.69) is 5.32 Å². The number of rotatable bonds is 4. The van der Waals surface area contributed by atoms with Crippen LogP contribution in [0.5, 0.6) is 5.75 Å². The van der Waals surface area contributed by atoms with E-state index in [0.717, 1.165) is 12.1 Å². The lowest BCUT2D eigenvalue weighted by Gasteiger charge is -2.17. The van der Waals surface area contributed by atoms with Crippen LogP contribution in [0.15, 0.2) is 72.8 Å². The Bertz CT molecular complexity index is 1050. The van der Waals surface area contributed by atoms with Crippen LogP contribution in [0.2, 0.25) is 0 Å². The summed E-state index contributed by atoms with van der Waals surface area (Å²) in [6.45, 7) is 0.651. The summed E-state index contributed by atoms with van der Waals surface area (Å²) in [5, 5.41) is 2.84. The highest BCUT2D eigenvalue weighted by Crippen LogP contribution is 2.29. The van der Waals surface area contributed by atoms with Gasteiger partial charge >= 0.3 is 0 Å². The molecule has 0 spiro atoms. The average Bonchev–Trinajstić information content (AvgIpc) is 3.17. The maximum atomic E-state index is 13.0. The molecule has 2 amide bonds. The summed E-state index contributed by atoms with van der Waals surface area (Å²) in [6, 6.07) is 21.9. The van der Waals surface area contributed by atoms with Crippen LogP contribution in [0.4, 0.5) is 11.4 Å². The van der Waals surface area contributed by atoms with Crippen LogP contribution in [0.3, 0.4) is 0 Å². The lowest BCUT2D eigenvalue weighted by atomic mass is 10.1. The highest BCUT2D eigenvalue weighted by atomic mass is 16.5. The number of anilines is 2. The standard InChI is InChI=1S/C23H20N2O3/c1-28-20-10-5-9-19(15-20)24-22(26)17-7-4-8-18(14-17)23(27)25-13-12-16-6-2-3-11-21(16)25/h2-11,14-15H,12-13H2,1H3,(H,24,26). The third-order valence-electron chi connectivity index (χ3n) is 4.83. The number of nitrogens with zero attached hydrogens (tertiary/aromatic N) is 1. The maximum Gasteiger partial charge on any atom is 0.258 e. The van der Waals surface area contributed by atoms with Crippen molar-refractivity contribution in [2.45, 2.75) is 6.42 Å². The first kappa shape index (κ1) is 17.8. The number of benzene rings is 3. The van der Waals surface area contributed by atoms with Gasteiger partial charge in [-0.25, -0.2) is 0 Å². The maximum absolute atomic E-state index is 13.0. The molecule has 140 valence electrons. The van der Waals surface area contributed by atoms with Crippen LogP contribution in [-0.4, -0.2) is 25.5 Å². The Balaban J connectivity index is 1.54. The van der Waals surface area contributed by atoms with Crippen molar-refractivity contribution in [2.75, 3.05) is 23.9 Å². The van der Waals surface area contributed by atoms with E-state index in [9.17, 15) is 9.59 Å². The first-order chi connectivity index (χ1) is 13.7. The third-order valence-corrected chi connectivity index (χ3v) is 4.83. The summed E-state index contributed by atoms with van der Waals surface area (Å²) in [5.41, 5.74) is 3.67. The Morgan fingerprint density at radius 2 is 1.71 bits per heavy atom. The molecule has 3 aromatic rings. The summed E-state index contributed by atoms with van der Waals surface area (Å²) >= 11 is 0. The molecule has 0 aromatic heterocycles. The fraction of sp³-hybridized carbons (Fsp3) is 0.130. The number of fused-ring (bicyclic) bond motifs is 1. The van der Waals surface area contributed by atoms with Crippen LogP contribution in [0.1, 0.15) is 26.3 Å². The van der Waals surface area contributed by atoms with Gasteiger partial charge in [-0.05, 0) is 48.4 Å². The predicted molar refractivity (Wildman–Crippen MR) is 109 cm³/mol. The zero-order chi connectivity index (χ0) is 19.5. The molecule has 0 bridgehead atoms. The molecule has 1 aliphatic rings. The molecule has 28 heavy (non-hydrogen) atoms. The van der Waals surface area contributed by atoms with Gasteiger partial charge in [0, 0.05) is 35.1 Å². The summed E-state index contributed by atoms with van der Waals surface area (Å²) in [6.07, 6.45) is 0.845. The largest absolute Gasteiger partial charge is 0.497 e. The van der Waals surface area contributed by atoms with Gasteiger partial charge in [0.15, 0.2) is 0 Å². The van der Waals surface area contributed by atoms with E-state index in [-0.39, 0.29) is 11.8 Å². The van der Waals surface area contributed by atoms with Gasteiger partial charge in [0.05, 0.1) is 7.11 Å². The van der Waals surface area contributed by atoms with Gasteiger partial charge in [-0.1, -0.05) is 30.3 Å². The molecular formula is C23H20N2O3. The Morgan fingerprint density at radius 3 is 2.57 bits per heavy atom. The van der Waals surface area contributed by atoms with Gasteiger partial charge in [0.25, 0.3) is 11.8 Å². The van der Waals surface area contributed by atoms with Crippen LogP contribution >= 0.6 is 0 Å². The molecule has 4 rings (SSSR count). The van der Waals surface area contributed by atoms with Crippen molar-refractivity contribution in [1.82, 2.24) is 0 Å². The average molecular weight is 372 g/mol. The molecular weight excluding hydrogens is 352 g/mol. The molecule has 3 aromatic carbocycles. The highest BCUT2D eigenvalue weighted by Gasteiger charge is 2.25. The SMILES string of the molecule is COc1cccc(NC(=O)c2cccc(C(=O)N3CCc4ccccc43)c2)c1. The minimum Gasteiger partial charge on any atom is -0.497 e. The first-order valence-electron chi connectivity index (χ1n) is 9.11. The Kier molecular flexibility index (Phi) is 4.81. The molecule has 0 aliphatic carbocycles. The van der Waals surface area contributed by atoms with Crippen LogP contribution in [0, 0.1) is 0 Å². The van der Waals surface area contributed by atoms with Crippen molar-refractivity contribution in [3.8, 4) is 5.75 Å². The number of carbonyl (C=O) groups is 2. The first-order valence-corrected chi connectivity index (χ1v) is 9.11. The zero-order valence-electron chi connectivity index (χ0n) is 15.5. The van der Waals surface area contributed by atoms with Crippen molar-refractivity contribution in [1.29, 1.82) is 0 Å². The number of para-hydroxylation sites is 1. The topological polar surface area (TPSA) is 58.6 Å². The van der Waals surface area contributed by atoms with Crippen molar-refractivity contribution in [3.63, 3.8) is 0 Å². The van der Waals surface area contributed by atoms with E-state index in [1.54, 1.807) is 54.5 Å². The fourth-order valence-electron chi connectivity index (χ4n) is 3.40. The van der Waals surface area contributed by atoms with Crippen LogP contribution in [-0.2, 0) is 6.42 Å². The van der Waals surface area contributed by atoms with Gasteiger partial charge in [0.1, 0.15) is 5.75 Å². The fourth-order valence-corrected chi connectivity index (χ4v) is 3.40.